The molecular formula is C12H13BrClFN2O. The molecule has 1 aliphatic rings. The van der Waals surface area contributed by atoms with E-state index in [4.69, 9.17) is 11.6 Å². The molecule has 1 heterocycles. The molecule has 98 valence electrons. The standard InChI is InChI=1S/C12H13BrClFN2O/c13-8-5-7(15)6-9(14)11(8)17-12(18)10-3-1-2-4-16-10/h5-6,10,16H,1-4H2,(H,17,18)/t10-/m0/s1. The second-order valence-corrected chi connectivity index (χ2v) is 5.50. The van der Waals surface area contributed by atoms with Crippen molar-refractivity contribution < 1.29 is 9.18 Å². The minimum absolute atomic E-state index is 0.135. The SMILES string of the molecule is O=C(Nc1c(Cl)cc(F)cc1Br)[C@@H]1CCCCN1. The van der Waals surface area contributed by atoms with Crippen LogP contribution in [-0.2, 0) is 4.79 Å². The van der Waals surface area contributed by atoms with Crippen molar-refractivity contribution in [2.45, 2.75) is 25.3 Å². The van der Waals surface area contributed by atoms with E-state index >= 15 is 0 Å². The van der Waals surface area contributed by atoms with Gasteiger partial charge in [0.25, 0.3) is 0 Å². The van der Waals surface area contributed by atoms with Gasteiger partial charge in [0.15, 0.2) is 0 Å². The van der Waals surface area contributed by atoms with Crippen molar-refractivity contribution in [3.8, 4) is 0 Å². The summed E-state index contributed by atoms with van der Waals surface area (Å²) in [6.07, 6.45) is 2.93. The number of amides is 1. The van der Waals surface area contributed by atoms with E-state index in [9.17, 15) is 9.18 Å². The van der Waals surface area contributed by atoms with Crippen molar-refractivity contribution in [2.75, 3.05) is 11.9 Å². The van der Waals surface area contributed by atoms with Crippen LogP contribution < -0.4 is 10.6 Å². The quantitative estimate of drug-likeness (QED) is 0.870. The Hall–Kier alpha value is -0.650. The van der Waals surface area contributed by atoms with E-state index in [-0.39, 0.29) is 17.0 Å². The zero-order chi connectivity index (χ0) is 13.1. The van der Waals surface area contributed by atoms with E-state index < -0.39 is 5.82 Å². The van der Waals surface area contributed by atoms with E-state index in [1.807, 2.05) is 0 Å². The van der Waals surface area contributed by atoms with Gasteiger partial charge in [0.1, 0.15) is 5.82 Å². The second kappa shape index (κ2) is 5.99. The second-order valence-electron chi connectivity index (χ2n) is 4.24. The third kappa shape index (κ3) is 3.22. The number of benzene rings is 1. The minimum Gasteiger partial charge on any atom is -0.322 e. The number of carbonyl (C=O) groups excluding carboxylic acids is 1. The lowest BCUT2D eigenvalue weighted by Gasteiger charge is -2.23. The van der Waals surface area contributed by atoms with Gasteiger partial charge in [-0.3, -0.25) is 4.79 Å². The number of piperidine rings is 1. The molecule has 0 spiro atoms. The normalized spacial score (nSPS) is 19.6. The van der Waals surface area contributed by atoms with Gasteiger partial charge < -0.3 is 10.6 Å². The fraction of sp³-hybridized carbons (Fsp3) is 0.417. The minimum atomic E-state index is -0.444. The molecule has 0 saturated carbocycles. The largest absolute Gasteiger partial charge is 0.322 e. The molecule has 1 atom stereocenters. The summed E-state index contributed by atoms with van der Waals surface area (Å²) >= 11 is 9.10. The Balaban J connectivity index is 2.11. The summed E-state index contributed by atoms with van der Waals surface area (Å²) in [6.45, 7) is 0.844. The lowest BCUT2D eigenvalue weighted by Crippen LogP contribution is -2.43. The van der Waals surface area contributed by atoms with Gasteiger partial charge in [0.05, 0.1) is 16.8 Å². The van der Waals surface area contributed by atoms with Gasteiger partial charge in [-0.2, -0.15) is 0 Å². The van der Waals surface area contributed by atoms with Gasteiger partial charge in [0.2, 0.25) is 5.91 Å². The molecule has 1 aromatic carbocycles. The van der Waals surface area contributed by atoms with E-state index in [0.29, 0.717) is 10.2 Å². The summed E-state index contributed by atoms with van der Waals surface area (Å²) in [4.78, 5) is 12.0. The third-order valence-corrected chi connectivity index (χ3v) is 3.81. The smallest absolute Gasteiger partial charge is 0.241 e. The Morgan fingerprint density at radius 1 is 1.50 bits per heavy atom. The van der Waals surface area contributed by atoms with E-state index in [1.165, 1.54) is 12.1 Å². The number of halogens is 3. The van der Waals surface area contributed by atoms with Crippen molar-refractivity contribution >= 4 is 39.1 Å². The molecule has 3 nitrogen and oxygen atoms in total. The maximum Gasteiger partial charge on any atom is 0.241 e. The van der Waals surface area contributed by atoms with E-state index in [1.54, 1.807) is 0 Å². The van der Waals surface area contributed by atoms with Crippen LogP contribution in [0.3, 0.4) is 0 Å². The van der Waals surface area contributed by atoms with Crippen LogP contribution in [-0.4, -0.2) is 18.5 Å². The zero-order valence-electron chi connectivity index (χ0n) is 9.60. The monoisotopic (exact) mass is 334 g/mol. The Morgan fingerprint density at radius 2 is 2.28 bits per heavy atom. The van der Waals surface area contributed by atoms with Crippen LogP contribution in [0.2, 0.25) is 5.02 Å². The predicted molar refractivity (Wildman–Crippen MR) is 73.4 cm³/mol. The molecule has 0 radical (unpaired) electrons. The molecule has 2 N–H and O–H groups in total. The topological polar surface area (TPSA) is 41.1 Å². The first kappa shape index (κ1) is 13.8. The summed E-state index contributed by atoms with van der Waals surface area (Å²) < 4.78 is 13.5. The molecule has 6 heteroatoms. The first-order chi connectivity index (χ1) is 8.58. The molecule has 1 amide bonds. The number of nitrogens with one attached hydrogen (secondary N) is 2. The summed E-state index contributed by atoms with van der Waals surface area (Å²) in [5.41, 5.74) is 0.412. The highest BCUT2D eigenvalue weighted by Crippen LogP contribution is 2.31. The van der Waals surface area contributed by atoms with Crippen molar-refractivity contribution in [3.63, 3.8) is 0 Å². The van der Waals surface area contributed by atoms with Gasteiger partial charge in [-0.15, -0.1) is 0 Å². The summed E-state index contributed by atoms with van der Waals surface area (Å²) in [7, 11) is 0. The van der Waals surface area contributed by atoms with Gasteiger partial charge in [-0.25, -0.2) is 4.39 Å². The highest BCUT2D eigenvalue weighted by Gasteiger charge is 2.22. The molecule has 1 aromatic rings. The van der Waals surface area contributed by atoms with E-state index in [2.05, 4.69) is 26.6 Å². The van der Waals surface area contributed by atoms with Crippen LogP contribution in [0.4, 0.5) is 10.1 Å². The van der Waals surface area contributed by atoms with Gasteiger partial charge in [-0.05, 0) is 47.4 Å². The first-order valence-corrected chi connectivity index (χ1v) is 6.94. The molecule has 2 rings (SSSR count). The Bertz CT molecular complexity index is 440. The number of carbonyl (C=O) groups is 1. The summed E-state index contributed by atoms with van der Waals surface area (Å²) in [5.74, 6) is -0.579. The lowest BCUT2D eigenvalue weighted by molar-refractivity contribution is -0.118. The van der Waals surface area contributed by atoms with Crippen LogP contribution >= 0.6 is 27.5 Å². The molecule has 0 aliphatic carbocycles. The zero-order valence-corrected chi connectivity index (χ0v) is 11.9. The Labute approximate surface area is 118 Å². The molecular weight excluding hydrogens is 323 g/mol. The molecule has 0 aromatic heterocycles. The lowest BCUT2D eigenvalue weighted by atomic mass is 10.0. The van der Waals surface area contributed by atoms with Crippen molar-refractivity contribution in [2.24, 2.45) is 0 Å². The molecule has 0 unspecified atom stereocenters. The molecule has 1 fully saturated rings. The van der Waals surface area contributed by atoms with Gasteiger partial charge in [-0.1, -0.05) is 18.0 Å². The van der Waals surface area contributed by atoms with Crippen LogP contribution in [0.15, 0.2) is 16.6 Å². The van der Waals surface area contributed by atoms with Crippen LogP contribution in [0.5, 0.6) is 0 Å². The molecule has 0 bridgehead atoms. The van der Waals surface area contributed by atoms with Crippen LogP contribution in [0, 0.1) is 5.82 Å². The average Bonchev–Trinajstić information content (AvgIpc) is 2.34. The summed E-state index contributed by atoms with van der Waals surface area (Å²) in [6, 6.07) is 2.25. The van der Waals surface area contributed by atoms with Gasteiger partial charge >= 0.3 is 0 Å². The molecule has 1 saturated heterocycles. The van der Waals surface area contributed by atoms with E-state index in [0.717, 1.165) is 25.8 Å². The average molecular weight is 336 g/mol. The fourth-order valence-electron chi connectivity index (χ4n) is 1.95. The number of rotatable bonds is 2. The predicted octanol–water partition coefficient (Wildman–Crippen LogP) is 3.32. The number of anilines is 1. The van der Waals surface area contributed by atoms with Crippen molar-refractivity contribution in [3.05, 3.63) is 27.4 Å². The first-order valence-electron chi connectivity index (χ1n) is 5.76. The highest BCUT2D eigenvalue weighted by molar-refractivity contribution is 9.10. The van der Waals surface area contributed by atoms with Crippen molar-refractivity contribution in [1.29, 1.82) is 0 Å². The maximum absolute atomic E-state index is 13.1. The molecule has 18 heavy (non-hydrogen) atoms. The van der Waals surface area contributed by atoms with Crippen LogP contribution in [0.1, 0.15) is 19.3 Å². The van der Waals surface area contributed by atoms with Crippen molar-refractivity contribution in [1.82, 2.24) is 5.32 Å². The summed E-state index contributed by atoms with van der Waals surface area (Å²) in [5, 5.41) is 6.06. The fourth-order valence-corrected chi connectivity index (χ4v) is 2.85. The Morgan fingerprint density at radius 3 is 2.89 bits per heavy atom. The number of hydrogen-bond donors (Lipinski definition) is 2. The Kier molecular flexibility index (Phi) is 4.59. The third-order valence-electron chi connectivity index (χ3n) is 2.88. The maximum atomic E-state index is 13.1. The highest BCUT2D eigenvalue weighted by atomic mass is 79.9. The number of hydrogen-bond acceptors (Lipinski definition) is 2. The van der Waals surface area contributed by atoms with Crippen LogP contribution in [0.25, 0.3) is 0 Å². The molecule has 1 aliphatic heterocycles. The van der Waals surface area contributed by atoms with Gasteiger partial charge in [0, 0.05) is 4.47 Å².